The molecule has 76 valence electrons. The molecule has 1 aliphatic carbocycles. The fraction of sp³-hybridized carbons (Fsp3) is 0.889. The lowest BCUT2D eigenvalue weighted by molar-refractivity contribution is 0.396. The number of aliphatic imine (C=N–C) groups is 1. The van der Waals surface area contributed by atoms with Gasteiger partial charge in [-0.2, -0.15) is 0 Å². The third-order valence-corrected chi connectivity index (χ3v) is 3.40. The van der Waals surface area contributed by atoms with Crippen LogP contribution < -0.4 is 0 Å². The van der Waals surface area contributed by atoms with E-state index in [1.54, 1.807) is 7.11 Å². The second kappa shape index (κ2) is 5.76. The first-order valence-electron chi connectivity index (χ1n) is 4.57. The van der Waals surface area contributed by atoms with Gasteiger partial charge in [-0.3, -0.25) is 0 Å². The zero-order valence-corrected chi connectivity index (χ0v) is 9.70. The Morgan fingerprint density at radius 3 is 2.69 bits per heavy atom. The predicted octanol–water partition coefficient (Wildman–Crippen LogP) is 2.90. The molecule has 1 rings (SSSR count). The highest BCUT2D eigenvalue weighted by Gasteiger charge is 2.22. The Hall–Kier alpha value is 0.110. The highest BCUT2D eigenvalue weighted by atomic mass is 35.5. The molecule has 0 aliphatic heterocycles. The van der Waals surface area contributed by atoms with E-state index in [9.17, 15) is 0 Å². The minimum absolute atomic E-state index is 0.200. The standard InChI is InChI=1S/C9H16ClNOS/c1-12-9(13-2)11-8-6-4-3-5-7(8)10/h7-8H,3-6H2,1-2H3. The maximum absolute atomic E-state index is 6.17. The molecule has 0 radical (unpaired) electrons. The molecule has 0 saturated heterocycles. The number of rotatable bonds is 1. The predicted molar refractivity (Wildman–Crippen MR) is 59.9 cm³/mol. The number of hydrogen-bond donors (Lipinski definition) is 0. The van der Waals surface area contributed by atoms with E-state index in [0.717, 1.165) is 18.1 Å². The molecular formula is C9H16ClNOS. The second-order valence-electron chi connectivity index (χ2n) is 3.17. The van der Waals surface area contributed by atoms with Crippen molar-refractivity contribution < 1.29 is 4.74 Å². The first kappa shape index (κ1) is 11.2. The normalized spacial score (nSPS) is 30.2. The van der Waals surface area contributed by atoms with Crippen molar-refractivity contribution in [3.8, 4) is 0 Å². The fourth-order valence-corrected chi connectivity index (χ4v) is 2.28. The van der Waals surface area contributed by atoms with Gasteiger partial charge in [-0.15, -0.1) is 11.6 Å². The minimum Gasteiger partial charge on any atom is -0.476 e. The van der Waals surface area contributed by atoms with Crippen LogP contribution in [0.2, 0.25) is 0 Å². The Labute approximate surface area is 89.1 Å². The van der Waals surface area contributed by atoms with Crippen LogP contribution in [0.25, 0.3) is 0 Å². The van der Waals surface area contributed by atoms with E-state index in [4.69, 9.17) is 16.3 Å². The molecule has 2 unspecified atom stereocenters. The van der Waals surface area contributed by atoms with Crippen molar-refractivity contribution in [2.45, 2.75) is 37.1 Å². The lowest BCUT2D eigenvalue weighted by Crippen LogP contribution is -2.24. The van der Waals surface area contributed by atoms with Crippen molar-refractivity contribution in [3.05, 3.63) is 0 Å². The van der Waals surface area contributed by atoms with Gasteiger partial charge in [0, 0.05) is 0 Å². The summed E-state index contributed by atoms with van der Waals surface area (Å²) in [6.07, 6.45) is 6.63. The molecule has 0 amide bonds. The maximum Gasteiger partial charge on any atom is 0.245 e. The van der Waals surface area contributed by atoms with Crippen LogP contribution in [-0.2, 0) is 4.74 Å². The molecule has 2 atom stereocenters. The summed E-state index contributed by atoms with van der Waals surface area (Å²) in [5.74, 6) is 0. The molecule has 4 heteroatoms. The molecule has 0 spiro atoms. The second-order valence-corrected chi connectivity index (χ2v) is 4.49. The van der Waals surface area contributed by atoms with Crippen LogP contribution in [0, 0.1) is 0 Å². The average molecular weight is 222 g/mol. The summed E-state index contributed by atoms with van der Waals surface area (Å²) in [6.45, 7) is 0. The van der Waals surface area contributed by atoms with Crippen LogP contribution in [0.4, 0.5) is 0 Å². The van der Waals surface area contributed by atoms with E-state index in [-0.39, 0.29) is 11.4 Å². The molecule has 0 aromatic carbocycles. The van der Waals surface area contributed by atoms with Crippen molar-refractivity contribution in [1.29, 1.82) is 0 Å². The molecule has 13 heavy (non-hydrogen) atoms. The first-order chi connectivity index (χ1) is 6.27. The van der Waals surface area contributed by atoms with Gasteiger partial charge >= 0.3 is 0 Å². The van der Waals surface area contributed by atoms with Crippen LogP contribution in [0.1, 0.15) is 25.7 Å². The van der Waals surface area contributed by atoms with E-state index < -0.39 is 0 Å². The topological polar surface area (TPSA) is 21.6 Å². The summed E-state index contributed by atoms with van der Waals surface area (Å²) >= 11 is 7.70. The molecule has 2 nitrogen and oxygen atoms in total. The summed E-state index contributed by atoms with van der Waals surface area (Å²) in [6, 6.07) is 0.262. The van der Waals surface area contributed by atoms with Gasteiger partial charge in [-0.05, 0) is 19.1 Å². The Kier molecular flexibility index (Phi) is 4.96. The van der Waals surface area contributed by atoms with Crippen LogP contribution >= 0.6 is 23.4 Å². The Morgan fingerprint density at radius 1 is 1.46 bits per heavy atom. The Balaban J connectivity index is 2.53. The molecular weight excluding hydrogens is 206 g/mol. The third-order valence-electron chi connectivity index (χ3n) is 2.27. The molecule has 0 N–H and O–H groups in total. The lowest BCUT2D eigenvalue weighted by atomic mass is 9.95. The maximum atomic E-state index is 6.17. The zero-order chi connectivity index (χ0) is 9.68. The van der Waals surface area contributed by atoms with Gasteiger partial charge in [-0.25, -0.2) is 4.99 Å². The summed E-state index contributed by atoms with van der Waals surface area (Å²) < 4.78 is 5.10. The van der Waals surface area contributed by atoms with Crippen molar-refractivity contribution in [2.24, 2.45) is 4.99 Å². The lowest BCUT2D eigenvalue weighted by Gasteiger charge is -2.23. The molecule has 0 aromatic heterocycles. The number of alkyl halides is 1. The number of ether oxygens (including phenoxy) is 1. The quantitative estimate of drug-likeness (QED) is 0.386. The largest absolute Gasteiger partial charge is 0.476 e. The van der Waals surface area contributed by atoms with Gasteiger partial charge in [0.2, 0.25) is 5.23 Å². The molecule has 1 aliphatic rings. The van der Waals surface area contributed by atoms with Crippen molar-refractivity contribution in [1.82, 2.24) is 0 Å². The summed E-state index contributed by atoms with van der Waals surface area (Å²) in [7, 11) is 1.65. The zero-order valence-electron chi connectivity index (χ0n) is 8.12. The van der Waals surface area contributed by atoms with E-state index >= 15 is 0 Å². The first-order valence-corrected chi connectivity index (χ1v) is 6.24. The highest BCUT2D eigenvalue weighted by molar-refractivity contribution is 8.12. The smallest absolute Gasteiger partial charge is 0.245 e. The highest BCUT2D eigenvalue weighted by Crippen LogP contribution is 2.26. The molecule has 0 aromatic rings. The fourth-order valence-electron chi connectivity index (χ4n) is 1.54. The van der Waals surface area contributed by atoms with Crippen molar-refractivity contribution in [2.75, 3.05) is 13.4 Å². The van der Waals surface area contributed by atoms with Gasteiger partial charge in [0.1, 0.15) is 0 Å². The van der Waals surface area contributed by atoms with Gasteiger partial charge in [-0.1, -0.05) is 24.6 Å². The van der Waals surface area contributed by atoms with Gasteiger partial charge in [0.15, 0.2) is 0 Å². The third kappa shape index (κ3) is 3.39. The monoisotopic (exact) mass is 221 g/mol. The van der Waals surface area contributed by atoms with E-state index in [0.29, 0.717) is 0 Å². The van der Waals surface area contributed by atoms with Crippen LogP contribution in [-0.4, -0.2) is 30.0 Å². The summed E-state index contributed by atoms with van der Waals surface area (Å²) in [5, 5.41) is 0.948. The SMILES string of the molecule is COC(=NC1CCCCC1Cl)SC. The molecule has 0 bridgehead atoms. The van der Waals surface area contributed by atoms with Gasteiger partial charge in [0.05, 0.1) is 18.5 Å². The number of methoxy groups -OCH3 is 1. The number of thioether (sulfide) groups is 1. The van der Waals surface area contributed by atoms with Gasteiger partial charge in [0.25, 0.3) is 0 Å². The number of halogens is 1. The van der Waals surface area contributed by atoms with E-state index in [1.165, 1.54) is 24.6 Å². The van der Waals surface area contributed by atoms with Crippen LogP contribution in [0.5, 0.6) is 0 Å². The average Bonchev–Trinajstić information content (AvgIpc) is 2.17. The summed E-state index contributed by atoms with van der Waals surface area (Å²) in [5.41, 5.74) is 0. The number of hydrogen-bond acceptors (Lipinski definition) is 3. The van der Waals surface area contributed by atoms with Crippen LogP contribution in [0.15, 0.2) is 4.99 Å². The minimum atomic E-state index is 0.200. The molecule has 0 heterocycles. The van der Waals surface area contributed by atoms with E-state index in [2.05, 4.69) is 4.99 Å². The van der Waals surface area contributed by atoms with Crippen molar-refractivity contribution in [3.63, 3.8) is 0 Å². The molecule has 1 saturated carbocycles. The Bertz CT molecular complexity index is 180. The van der Waals surface area contributed by atoms with Crippen molar-refractivity contribution >= 4 is 28.6 Å². The summed E-state index contributed by atoms with van der Waals surface area (Å²) in [4.78, 5) is 4.48. The number of nitrogens with zero attached hydrogens (tertiary/aromatic N) is 1. The van der Waals surface area contributed by atoms with E-state index in [1.807, 2.05) is 6.26 Å². The molecule has 1 fully saturated rings. The van der Waals surface area contributed by atoms with Crippen LogP contribution in [0.3, 0.4) is 0 Å². The van der Waals surface area contributed by atoms with Gasteiger partial charge < -0.3 is 4.74 Å². The Morgan fingerprint density at radius 2 is 2.15 bits per heavy atom.